The number of nitrogens with zero attached hydrogens (tertiary/aromatic N) is 4. The lowest BCUT2D eigenvalue weighted by Gasteiger charge is -2.36. The van der Waals surface area contributed by atoms with E-state index in [1.807, 2.05) is 27.7 Å². The van der Waals surface area contributed by atoms with Crippen LogP contribution in [0.5, 0.6) is 5.75 Å². The van der Waals surface area contributed by atoms with Crippen LogP contribution in [0.2, 0.25) is 0 Å². The van der Waals surface area contributed by atoms with Crippen LogP contribution in [-0.4, -0.2) is 190 Å². The highest BCUT2D eigenvalue weighted by atomic mass is 16.6. The molecule has 3 fully saturated rings. The molecule has 7 amide bonds. The van der Waals surface area contributed by atoms with Crippen molar-refractivity contribution in [2.45, 2.75) is 194 Å². The van der Waals surface area contributed by atoms with Crippen molar-refractivity contribution in [2.75, 3.05) is 34.3 Å². The number of likely N-dealkylation sites (tertiary alicyclic amines) is 1. The molecule has 78 heavy (non-hydrogen) atoms. The van der Waals surface area contributed by atoms with Gasteiger partial charge >= 0.3 is 11.9 Å². The fraction of sp³-hybridized carbons (Fsp3) is 0.714. The number of fused-ring (bicyclic) bond motifs is 1. The first kappa shape index (κ1) is 64.4. The first-order valence-corrected chi connectivity index (χ1v) is 27.5. The van der Waals surface area contributed by atoms with E-state index in [1.165, 1.54) is 61.6 Å². The Bertz CT molecular complexity index is 2310. The summed E-state index contributed by atoms with van der Waals surface area (Å²) < 4.78 is 17.2. The molecule has 0 unspecified atom stereocenters. The maximum absolute atomic E-state index is 14.9. The van der Waals surface area contributed by atoms with E-state index in [-0.39, 0.29) is 57.0 Å². The predicted molar refractivity (Wildman–Crippen MR) is 286 cm³/mol. The topological polar surface area (TPSA) is 288 Å². The fourth-order valence-corrected chi connectivity index (χ4v) is 10.4. The van der Waals surface area contributed by atoms with Gasteiger partial charge in [-0.15, -0.1) is 0 Å². The Morgan fingerprint density at radius 1 is 0.833 bits per heavy atom. The number of methoxy groups -OCH3 is 1. The van der Waals surface area contributed by atoms with Crippen molar-refractivity contribution in [2.24, 2.45) is 29.6 Å². The van der Waals surface area contributed by atoms with Crippen LogP contribution in [0.3, 0.4) is 0 Å². The van der Waals surface area contributed by atoms with Gasteiger partial charge in [0.05, 0.1) is 31.6 Å². The molecular weight excluding hydrogens is 1010 g/mol. The molecular formula is C56H87N7O15. The lowest BCUT2D eigenvalue weighted by molar-refractivity contribution is -0.163. The number of carbonyl (C=O) groups excluding carboxylic acids is 10. The molecule has 3 aliphatic rings. The fourth-order valence-electron chi connectivity index (χ4n) is 10.4. The van der Waals surface area contributed by atoms with E-state index < -0.39 is 150 Å². The monoisotopic (exact) mass is 1100 g/mol. The second-order valence-corrected chi connectivity index (χ2v) is 22.8. The van der Waals surface area contributed by atoms with E-state index in [4.69, 9.17) is 14.2 Å². The van der Waals surface area contributed by atoms with Gasteiger partial charge in [-0.25, -0.2) is 4.79 Å². The predicted octanol–water partition coefficient (Wildman–Crippen LogP) is 1.93. The lowest BCUT2D eigenvalue weighted by atomic mass is 9.92. The molecule has 5 N–H and O–H groups in total. The van der Waals surface area contributed by atoms with Gasteiger partial charge in [-0.3, -0.25) is 43.2 Å². The van der Waals surface area contributed by atoms with Crippen LogP contribution in [0.1, 0.15) is 127 Å². The summed E-state index contributed by atoms with van der Waals surface area (Å²) >= 11 is 0. The number of aliphatic hydroxyl groups is 2. The third kappa shape index (κ3) is 16.5. The van der Waals surface area contributed by atoms with Crippen molar-refractivity contribution in [1.29, 1.82) is 0 Å². The van der Waals surface area contributed by atoms with Gasteiger partial charge in [0.2, 0.25) is 35.4 Å². The maximum atomic E-state index is 14.9. The molecule has 0 spiro atoms. The van der Waals surface area contributed by atoms with Crippen LogP contribution in [0, 0.1) is 29.6 Å². The third-order valence-corrected chi connectivity index (χ3v) is 14.9. The van der Waals surface area contributed by atoms with Gasteiger partial charge in [-0.1, -0.05) is 67.5 Å². The van der Waals surface area contributed by atoms with Gasteiger partial charge in [0.1, 0.15) is 54.2 Å². The van der Waals surface area contributed by atoms with Crippen LogP contribution in [0.15, 0.2) is 24.3 Å². The molecule has 22 heteroatoms. The van der Waals surface area contributed by atoms with E-state index in [9.17, 15) is 58.2 Å². The number of hydrogen-bond donors (Lipinski definition) is 5. The van der Waals surface area contributed by atoms with Crippen LogP contribution in [-0.2, 0) is 63.8 Å². The quantitative estimate of drug-likeness (QED) is 0.131. The molecule has 3 aliphatic heterocycles. The Balaban J connectivity index is 1.87. The summed E-state index contributed by atoms with van der Waals surface area (Å²) in [5, 5.41) is 30.0. The number of ketones is 1. The Hall–Kier alpha value is -6.16. The van der Waals surface area contributed by atoms with E-state index in [2.05, 4.69) is 16.0 Å². The van der Waals surface area contributed by atoms with Gasteiger partial charge in [0, 0.05) is 33.6 Å². The number of carbonyl (C=O) groups is 10. The minimum absolute atomic E-state index is 0.0711. The number of nitrogens with one attached hydrogen (secondary N) is 3. The van der Waals surface area contributed by atoms with Gasteiger partial charge in [0.15, 0.2) is 11.9 Å². The Morgan fingerprint density at radius 2 is 1.46 bits per heavy atom. The highest BCUT2D eigenvalue weighted by Gasteiger charge is 2.46. The lowest BCUT2D eigenvalue weighted by Crippen LogP contribution is -2.62. The minimum Gasteiger partial charge on any atom is -0.497 e. The number of amides is 7. The molecule has 4 rings (SSSR count). The number of aliphatic hydroxyl groups excluding tert-OH is 2. The summed E-state index contributed by atoms with van der Waals surface area (Å²) in [6, 6.07) is -2.21. The van der Waals surface area contributed by atoms with Crippen LogP contribution < -0.4 is 20.7 Å². The Kier molecular flexibility index (Phi) is 23.6. The van der Waals surface area contributed by atoms with Crippen LogP contribution in [0.25, 0.3) is 0 Å². The van der Waals surface area contributed by atoms with Crippen molar-refractivity contribution in [3.63, 3.8) is 0 Å². The zero-order valence-electron chi connectivity index (χ0n) is 48.1. The average molecular weight is 1100 g/mol. The molecule has 22 nitrogen and oxygen atoms in total. The van der Waals surface area contributed by atoms with E-state index in [0.29, 0.717) is 24.2 Å². The third-order valence-electron chi connectivity index (χ3n) is 14.9. The summed E-state index contributed by atoms with van der Waals surface area (Å²) in [6.45, 7) is 18.2. The minimum atomic E-state index is -1.76. The molecule has 0 radical (unpaired) electrons. The van der Waals surface area contributed by atoms with Crippen molar-refractivity contribution < 1.29 is 72.4 Å². The summed E-state index contributed by atoms with van der Waals surface area (Å²) in [4.78, 5) is 148. The molecule has 1 aromatic rings. The molecule has 1 aromatic carbocycles. The van der Waals surface area contributed by atoms with Crippen molar-refractivity contribution in [3.05, 3.63) is 29.8 Å². The second kappa shape index (κ2) is 28.6. The zero-order valence-corrected chi connectivity index (χ0v) is 48.1. The molecule has 436 valence electrons. The molecule has 3 saturated heterocycles. The molecule has 0 aliphatic carbocycles. The maximum Gasteiger partial charge on any atom is 0.329 e. The summed E-state index contributed by atoms with van der Waals surface area (Å²) in [5.74, 6) is -10.3. The molecule has 0 aromatic heterocycles. The van der Waals surface area contributed by atoms with E-state index >= 15 is 0 Å². The van der Waals surface area contributed by atoms with Crippen LogP contribution in [0.4, 0.5) is 0 Å². The van der Waals surface area contributed by atoms with Gasteiger partial charge in [0.25, 0.3) is 5.91 Å². The summed E-state index contributed by atoms with van der Waals surface area (Å²) in [7, 11) is 4.28. The first-order valence-electron chi connectivity index (χ1n) is 27.5. The number of benzene rings is 1. The number of esters is 2. The normalized spacial score (nSPS) is 27.5. The highest BCUT2D eigenvalue weighted by Crippen LogP contribution is 2.27. The van der Waals surface area contributed by atoms with Crippen LogP contribution >= 0.6 is 0 Å². The highest BCUT2D eigenvalue weighted by molar-refractivity contribution is 6.05. The number of hydrogen-bond acceptors (Lipinski definition) is 15. The van der Waals surface area contributed by atoms with Crippen molar-refractivity contribution >= 4 is 59.1 Å². The Morgan fingerprint density at radius 3 is 2.03 bits per heavy atom. The average Bonchev–Trinajstić information content (AvgIpc) is 4.08. The largest absolute Gasteiger partial charge is 0.497 e. The summed E-state index contributed by atoms with van der Waals surface area (Å²) in [6.07, 6.45) is -5.36. The van der Waals surface area contributed by atoms with Crippen molar-refractivity contribution in [3.8, 4) is 5.75 Å². The summed E-state index contributed by atoms with van der Waals surface area (Å²) in [5.41, 5.74) is 0.569. The number of cyclic esters (lactones) is 2. The number of ether oxygens (including phenoxy) is 3. The Labute approximate surface area is 459 Å². The standard InChI is InChI=1S/C56H87N7O15/c1-29(2)25-38-53(72)63-24-16-18-40(63)55(74)61(13)42(27-36-19-21-37(76-14)22-20-36)56(75)77-35(11)46(59-50(69)41(26-30(3)4)60(12)54(73)39-17-15-23-62(39)52(71)34(10)64)51(70)58-45(31(5)6)43(65)28-44(66)78-48(32(7)8)47(67)33(9)49(68)57-38/h19-22,29-35,38-43,45-46,48,64-65H,15-18,23-28H2,1-14H3,(H,57,68)(H,58,70)(H,59,69)/t33-,34+,35+,38+,39+,40+,41-,42+,43+,45-,46-,48+/m1/s1. The molecule has 0 bridgehead atoms. The van der Waals surface area contributed by atoms with Gasteiger partial charge in [-0.2, -0.15) is 0 Å². The molecule has 0 saturated carbocycles. The van der Waals surface area contributed by atoms with Gasteiger partial charge < -0.3 is 60.0 Å². The second-order valence-electron chi connectivity index (χ2n) is 22.8. The van der Waals surface area contributed by atoms with Crippen molar-refractivity contribution in [1.82, 2.24) is 35.6 Å². The SMILES string of the molecule is COc1ccc(C[C@H]2C(=O)O[C@@H](C)[C@@H](NC(=O)[C@@H](CC(C)C)N(C)C(=O)[C@@H]3CCCN3C(=O)[C@H](C)O)C(=O)N[C@H](C(C)C)[C@@H](O)CC(=O)O[C@@H](C(C)C)C(=O)[C@@H](C)C(=O)N[C@@H](CC(C)C)C(=O)N3CCC[C@H]3C(=O)N2C)cc1. The molecule has 12 atom stereocenters. The first-order chi connectivity index (χ1) is 36.5. The number of rotatable bonds is 14. The van der Waals surface area contributed by atoms with Gasteiger partial charge in [-0.05, 0) is 101 Å². The smallest absolute Gasteiger partial charge is 0.329 e. The number of likely N-dealkylation sites (N-methyl/N-ethyl adjacent to an activating group) is 2. The zero-order chi connectivity index (χ0) is 58.6. The van der Waals surface area contributed by atoms with E-state index in [0.717, 1.165) is 0 Å². The number of Topliss-reactive ketones (excluding diaryl/α,β-unsaturated/α-hetero) is 1. The van der Waals surface area contributed by atoms with E-state index in [1.54, 1.807) is 52.0 Å². The molecule has 3 heterocycles.